The van der Waals surface area contributed by atoms with Crippen molar-refractivity contribution >= 4 is 23.2 Å². The smallest absolute Gasteiger partial charge is 0.251 e. The number of likely N-dealkylation sites (tertiary alicyclic amines) is 1. The largest absolute Gasteiger partial charge is 0.497 e. The van der Waals surface area contributed by atoms with Crippen molar-refractivity contribution in [1.29, 1.82) is 0 Å². The van der Waals surface area contributed by atoms with Crippen LogP contribution in [-0.2, 0) is 17.9 Å². The highest BCUT2D eigenvalue weighted by molar-refractivity contribution is 6.30. The second-order valence-corrected chi connectivity index (χ2v) is 7.46. The molecule has 5 nitrogen and oxygen atoms in total. The summed E-state index contributed by atoms with van der Waals surface area (Å²) < 4.78 is 5.26. The molecule has 0 spiro atoms. The number of amides is 1. The van der Waals surface area contributed by atoms with Gasteiger partial charge in [-0.05, 0) is 41.8 Å². The summed E-state index contributed by atoms with van der Waals surface area (Å²) in [7, 11) is 1.64. The highest BCUT2D eigenvalue weighted by atomic mass is 35.5. The first-order valence-electron chi connectivity index (χ1n) is 9.11. The van der Waals surface area contributed by atoms with Crippen molar-refractivity contribution in [1.82, 2.24) is 9.91 Å². The zero-order valence-electron chi connectivity index (χ0n) is 15.3. The molecule has 4 rings (SSSR count). The van der Waals surface area contributed by atoms with Crippen LogP contribution in [0.5, 0.6) is 5.75 Å². The van der Waals surface area contributed by atoms with Crippen LogP contribution in [-0.4, -0.2) is 41.7 Å². The van der Waals surface area contributed by atoms with E-state index in [4.69, 9.17) is 16.3 Å². The molecule has 0 radical (unpaired) electrons. The minimum absolute atomic E-state index is 0.0776. The number of piperidine rings is 1. The Balaban J connectivity index is 1.44. The van der Waals surface area contributed by atoms with Crippen LogP contribution in [0.25, 0.3) is 0 Å². The molecule has 6 heteroatoms. The standard InChI is InChI=1S/C21H22ClN3O2/c1-27-18-7-3-5-16(11-18)13-25-21(26)19-8-9-24(14-20(19)23-25)12-15-4-2-6-17(22)10-15/h2-7,10-11,19H,8-9,12-14H2,1H3. The summed E-state index contributed by atoms with van der Waals surface area (Å²) in [5, 5.41) is 7.00. The molecule has 1 amide bonds. The fraction of sp³-hybridized carbons (Fsp3) is 0.333. The predicted octanol–water partition coefficient (Wildman–Crippen LogP) is 3.57. The molecular weight excluding hydrogens is 362 g/mol. The molecular formula is C21H22ClN3O2. The van der Waals surface area contributed by atoms with Crippen LogP contribution in [0.2, 0.25) is 5.02 Å². The topological polar surface area (TPSA) is 45.1 Å². The lowest BCUT2D eigenvalue weighted by Gasteiger charge is -2.29. The summed E-state index contributed by atoms with van der Waals surface area (Å²) in [6.45, 7) is 2.90. The average Bonchev–Trinajstić information content (AvgIpc) is 2.97. The van der Waals surface area contributed by atoms with Gasteiger partial charge in [0.25, 0.3) is 5.91 Å². The highest BCUT2D eigenvalue weighted by Crippen LogP contribution is 2.27. The molecule has 2 aromatic carbocycles. The van der Waals surface area contributed by atoms with Crippen LogP contribution in [0.1, 0.15) is 17.5 Å². The number of hydrazone groups is 1. The maximum absolute atomic E-state index is 12.8. The van der Waals surface area contributed by atoms with Gasteiger partial charge in [0.15, 0.2) is 0 Å². The highest BCUT2D eigenvalue weighted by Gasteiger charge is 2.39. The summed E-state index contributed by atoms with van der Waals surface area (Å²) >= 11 is 6.09. The monoisotopic (exact) mass is 383 g/mol. The molecule has 1 atom stereocenters. The van der Waals surface area contributed by atoms with Gasteiger partial charge in [0, 0.05) is 24.7 Å². The third-order valence-corrected chi connectivity index (χ3v) is 5.32. The van der Waals surface area contributed by atoms with E-state index in [0.717, 1.165) is 48.1 Å². The summed E-state index contributed by atoms with van der Waals surface area (Å²) in [5.41, 5.74) is 3.16. The Labute approximate surface area is 164 Å². The van der Waals surface area contributed by atoms with Gasteiger partial charge in [-0.1, -0.05) is 35.9 Å². The number of hydrogen-bond donors (Lipinski definition) is 0. The molecule has 0 bridgehead atoms. The fourth-order valence-electron chi connectivity index (χ4n) is 3.73. The minimum Gasteiger partial charge on any atom is -0.497 e. The Hall–Kier alpha value is -2.37. The molecule has 0 saturated carbocycles. The second-order valence-electron chi connectivity index (χ2n) is 7.02. The Kier molecular flexibility index (Phi) is 5.14. The van der Waals surface area contributed by atoms with Gasteiger partial charge in [-0.15, -0.1) is 0 Å². The van der Waals surface area contributed by atoms with Gasteiger partial charge in [-0.2, -0.15) is 5.10 Å². The first-order valence-corrected chi connectivity index (χ1v) is 9.48. The van der Waals surface area contributed by atoms with Crippen LogP contribution in [0.15, 0.2) is 53.6 Å². The number of hydrogen-bond acceptors (Lipinski definition) is 4. The molecule has 0 aliphatic carbocycles. The Morgan fingerprint density at radius 2 is 1.93 bits per heavy atom. The van der Waals surface area contributed by atoms with Gasteiger partial charge < -0.3 is 4.74 Å². The van der Waals surface area contributed by atoms with Gasteiger partial charge >= 0.3 is 0 Å². The van der Waals surface area contributed by atoms with Crippen molar-refractivity contribution in [3.8, 4) is 5.75 Å². The second kappa shape index (κ2) is 7.71. The number of benzene rings is 2. The van der Waals surface area contributed by atoms with Crippen molar-refractivity contribution < 1.29 is 9.53 Å². The molecule has 2 aliphatic heterocycles. The van der Waals surface area contributed by atoms with Crippen LogP contribution in [0.3, 0.4) is 0 Å². The van der Waals surface area contributed by atoms with Crippen LogP contribution < -0.4 is 4.74 Å². The number of ether oxygens (including phenoxy) is 1. The van der Waals surface area contributed by atoms with Gasteiger partial charge in [-0.25, -0.2) is 5.01 Å². The van der Waals surface area contributed by atoms with Gasteiger partial charge in [0.2, 0.25) is 0 Å². The van der Waals surface area contributed by atoms with Crippen molar-refractivity contribution in [2.24, 2.45) is 11.0 Å². The van der Waals surface area contributed by atoms with Crippen molar-refractivity contribution in [2.75, 3.05) is 20.2 Å². The molecule has 1 unspecified atom stereocenters. The van der Waals surface area contributed by atoms with E-state index in [9.17, 15) is 4.79 Å². The first kappa shape index (κ1) is 18.0. The third-order valence-electron chi connectivity index (χ3n) is 5.09. The summed E-state index contributed by atoms with van der Waals surface area (Å²) in [5.74, 6) is 0.818. The molecule has 27 heavy (non-hydrogen) atoms. The van der Waals surface area contributed by atoms with Crippen molar-refractivity contribution in [3.05, 3.63) is 64.7 Å². The quantitative estimate of drug-likeness (QED) is 0.792. The number of rotatable bonds is 5. The van der Waals surface area contributed by atoms with Gasteiger partial charge in [-0.3, -0.25) is 9.69 Å². The zero-order valence-corrected chi connectivity index (χ0v) is 16.0. The maximum Gasteiger partial charge on any atom is 0.251 e. The predicted molar refractivity (Wildman–Crippen MR) is 106 cm³/mol. The first-order chi connectivity index (χ1) is 13.1. The molecule has 0 aromatic heterocycles. The van der Waals surface area contributed by atoms with Crippen LogP contribution >= 0.6 is 11.6 Å². The van der Waals surface area contributed by atoms with E-state index in [2.05, 4.69) is 16.1 Å². The third kappa shape index (κ3) is 3.99. The lowest BCUT2D eigenvalue weighted by atomic mass is 9.94. The summed E-state index contributed by atoms with van der Waals surface area (Å²) in [6, 6.07) is 15.7. The molecule has 1 fully saturated rings. The molecule has 2 aliphatic rings. The molecule has 1 saturated heterocycles. The number of halogens is 1. The van der Waals surface area contributed by atoms with E-state index in [1.54, 1.807) is 12.1 Å². The molecule has 2 aromatic rings. The Morgan fingerprint density at radius 3 is 2.70 bits per heavy atom. The van der Waals surface area contributed by atoms with Crippen LogP contribution in [0.4, 0.5) is 0 Å². The SMILES string of the molecule is COc1cccc(CN2N=C3CN(Cc4cccc(Cl)c4)CCC3C2=O)c1. The summed E-state index contributed by atoms with van der Waals surface area (Å²) in [4.78, 5) is 15.1. The van der Waals surface area contributed by atoms with Gasteiger partial charge in [0.1, 0.15) is 5.75 Å². The van der Waals surface area contributed by atoms with Crippen molar-refractivity contribution in [3.63, 3.8) is 0 Å². The lowest BCUT2D eigenvalue weighted by Crippen LogP contribution is -2.41. The average molecular weight is 384 g/mol. The Bertz CT molecular complexity index is 883. The zero-order chi connectivity index (χ0) is 18.8. The maximum atomic E-state index is 12.8. The van der Waals surface area contributed by atoms with E-state index >= 15 is 0 Å². The molecule has 140 valence electrons. The van der Waals surface area contributed by atoms with Crippen molar-refractivity contribution in [2.45, 2.75) is 19.5 Å². The number of fused-ring (bicyclic) bond motifs is 1. The minimum atomic E-state index is -0.0776. The summed E-state index contributed by atoms with van der Waals surface area (Å²) in [6.07, 6.45) is 0.812. The lowest BCUT2D eigenvalue weighted by molar-refractivity contribution is -0.132. The number of carbonyl (C=O) groups excluding carboxylic acids is 1. The van der Waals surface area contributed by atoms with E-state index < -0.39 is 0 Å². The number of nitrogens with zero attached hydrogens (tertiary/aromatic N) is 3. The van der Waals surface area contributed by atoms with Gasteiger partial charge in [0.05, 0.1) is 25.3 Å². The molecule has 0 N–H and O–H groups in total. The normalized spacial score (nSPS) is 19.8. The number of methoxy groups -OCH3 is 1. The van der Waals surface area contributed by atoms with E-state index in [0.29, 0.717) is 6.54 Å². The fourth-order valence-corrected chi connectivity index (χ4v) is 3.95. The van der Waals surface area contributed by atoms with E-state index in [1.165, 1.54) is 5.56 Å². The molecule has 2 heterocycles. The van der Waals surface area contributed by atoms with Crippen LogP contribution in [0, 0.1) is 5.92 Å². The number of carbonyl (C=O) groups is 1. The van der Waals surface area contributed by atoms with E-state index in [-0.39, 0.29) is 11.8 Å². The Morgan fingerprint density at radius 1 is 1.15 bits per heavy atom. The van der Waals surface area contributed by atoms with E-state index in [1.807, 2.05) is 42.5 Å².